The fourth-order valence-electron chi connectivity index (χ4n) is 3.21. The van der Waals surface area contributed by atoms with Crippen LogP contribution >= 0.6 is 0 Å². The smallest absolute Gasteiger partial charge is 0.104 e. The predicted molar refractivity (Wildman–Crippen MR) is 84.6 cm³/mol. The molecule has 0 aromatic heterocycles. The Morgan fingerprint density at radius 2 is 2.20 bits per heavy atom. The van der Waals surface area contributed by atoms with Crippen LogP contribution in [0.1, 0.15) is 40.0 Å². The normalized spacial score (nSPS) is 23.2. The van der Waals surface area contributed by atoms with Gasteiger partial charge in [0, 0.05) is 19.1 Å². The number of hydrogen-bond acceptors (Lipinski definition) is 4. The molecule has 0 spiro atoms. The molecule has 1 aliphatic rings. The van der Waals surface area contributed by atoms with Gasteiger partial charge < -0.3 is 9.80 Å². The van der Waals surface area contributed by atoms with E-state index in [1.807, 2.05) is 6.92 Å². The Morgan fingerprint density at radius 1 is 1.50 bits per heavy atom. The van der Waals surface area contributed by atoms with E-state index in [0.29, 0.717) is 6.04 Å². The Kier molecular flexibility index (Phi) is 6.94. The zero-order chi connectivity index (χ0) is 15.2. The van der Waals surface area contributed by atoms with E-state index in [-0.39, 0.29) is 5.54 Å². The summed E-state index contributed by atoms with van der Waals surface area (Å²) in [6, 6.07) is 2.78. The van der Waals surface area contributed by atoms with E-state index >= 15 is 0 Å². The monoisotopic (exact) mass is 280 g/mol. The van der Waals surface area contributed by atoms with E-state index in [9.17, 15) is 5.26 Å². The van der Waals surface area contributed by atoms with Gasteiger partial charge in [0.1, 0.15) is 5.54 Å². The van der Waals surface area contributed by atoms with Crippen molar-refractivity contribution in [3.8, 4) is 6.07 Å². The summed E-state index contributed by atoms with van der Waals surface area (Å²) in [5, 5.41) is 12.7. The van der Waals surface area contributed by atoms with E-state index in [1.54, 1.807) is 0 Å². The lowest BCUT2D eigenvalue weighted by Gasteiger charge is -2.27. The van der Waals surface area contributed by atoms with Gasteiger partial charge >= 0.3 is 0 Å². The van der Waals surface area contributed by atoms with Crippen molar-refractivity contribution in [2.45, 2.75) is 51.6 Å². The van der Waals surface area contributed by atoms with Crippen LogP contribution in [0.5, 0.6) is 0 Å². The van der Waals surface area contributed by atoms with E-state index in [4.69, 9.17) is 0 Å². The fraction of sp³-hybridized carbons (Fsp3) is 0.938. The van der Waals surface area contributed by atoms with Crippen molar-refractivity contribution in [3.05, 3.63) is 0 Å². The molecule has 4 heteroatoms. The summed E-state index contributed by atoms with van der Waals surface area (Å²) in [5.41, 5.74) is -0.386. The molecule has 1 heterocycles. The van der Waals surface area contributed by atoms with Gasteiger partial charge in [0.15, 0.2) is 0 Å². The standard InChI is InChI=1S/C16H32N4/c1-14(2)18-16(3,13-17)8-6-9-19(4)11-15-7-10-20(5)12-15/h14-15,18H,6-12H2,1-5H3. The highest BCUT2D eigenvalue weighted by atomic mass is 15.1. The van der Waals surface area contributed by atoms with Crippen molar-refractivity contribution in [1.82, 2.24) is 15.1 Å². The van der Waals surface area contributed by atoms with Gasteiger partial charge in [-0.1, -0.05) is 0 Å². The summed E-state index contributed by atoms with van der Waals surface area (Å²) in [6.07, 6.45) is 3.31. The molecule has 1 fully saturated rings. The largest absolute Gasteiger partial charge is 0.306 e. The third kappa shape index (κ3) is 6.21. The minimum Gasteiger partial charge on any atom is -0.306 e. The van der Waals surface area contributed by atoms with Crippen LogP contribution in [0, 0.1) is 17.2 Å². The minimum absolute atomic E-state index is 0.353. The highest BCUT2D eigenvalue weighted by molar-refractivity contribution is 5.04. The Bertz CT molecular complexity index is 323. The SMILES string of the molecule is CC(C)NC(C)(C#N)CCCN(C)CC1CCN(C)C1. The van der Waals surface area contributed by atoms with Crippen molar-refractivity contribution in [3.63, 3.8) is 0 Å². The highest BCUT2D eigenvalue weighted by Gasteiger charge is 2.24. The maximum Gasteiger partial charge on any atom is 0.104 e. The number of nitriles is 1. The Labute approximate surface area is 125 Å². The van der Waals surface area contributed by atoms with Gasteiger partial charge in [0.05, 0.1) is 6.07 Å². The van der Waals surface area contributed by atoms with Crippen LogP contribution in [-0.4, -0.2) is 61.7 Å². The van der Waals surface area contributed by atoms with Crippen LogP contribution in [0.15, 0.2) is 0 Å². The maximum atomic E-state index is 9.33. The number of nitrogens with zero attached hydrogens (tertiary/aromatic N) is 3. The molecule has 0 aliphatic carbocycles. The van der Waals surface area contributed by atoms with Gasteiger partial charge in [0.25, 0.3) is 0 Å². The molecule has 20 heavy (non-hydrogen) atoms. The van der Waals surface area contributed by atoms with E-state index in [0.717, 1.165) is 25.3 Å². The van der Waals surface area contributed by atoms with Gasteiger partial charge in [-0.15, -0.1) is 0 Å². The third-order valence-electron chi connectivity index (χ3n) is 4.13. The lowest BCUT2D eigenvalue weighted by molar-refractivity contribution is 0.257. The lowest BCUT2D eigenvalue weighted by Crippen LogP contribution is -2.45. The number of nitrogens with one attached hydrogen (secondary N) is 1. The lowest BCUT2D eigenvalue weighted by atomic mass is 9.96. The first-order valence-electron chi connectivity index (χ1n) is 7.90. The van der Waals surface area contributed by atoms with Gasteiger partial charge in [-0.3, -0.25) is 5.32 Å². The molecular weight excluding hydrogens is 248 g/mol. The Morgan fingerprint density at radius 3 is 2.70 bits per heavy atom. The van der Waals surface area contributed by atoms with Crippen molar-refractivity contribution < 1.29 is 0 Å². The van der Waals surface area contributed by atoms with Crippen LogP contribution in [0.2, 0.25) is 0 Å². The molecule has 0 radical (unpaired) electrons. The molecule has 1 saturated heterocycles. The third-order valence-corrected chi connectivity index (χ3v) is 4.13. The van der Waals surface area contributed by atoms with Crippen molar-refractivity contribution >= 4 is 0 Å². The Hall–Kier alpha value is -0.630. The van der Waals surface area contributed by atoms with Crippen LogP contribution < -0.4 is 5.32 Å². The highest BCUT2D eigenvalue weighted by Crippen LogP contribution is 2.16. The number of rotatable bonds is 8. The number of hydrogen-bond donors (Lipinski definition) is 1. The average molecular weight is 280 g/mol. The zero-order valence-electron chi connectivity index (χ0n) is 13.9. The van der Waals surface area contributed by atoms with Gasteiger partial charge in [0.2, 0.25) is 0 Å². The van der Waals surface area contributed by atoms with E-state index < -0.39 is 0 Å². The summed E-state index contributed by atoms with van der Waals surface area (Å²) in [6.45, 7) is 10.9. The van der Waals surface area contributed by atoms with Crippen LogP contribution in [0.4, 0.5) is 0 Å². The molecule has 0 bridgehead atoms. The van der Waals surface area contributed by atoms with Gasteiger partial charge in [-0.05, 0) is 73.1 Å². The Balaban J connectivity index is 2.23. The molecule has 2 atom stereocenters. The van der Waals surface area contributed by atoms with Gasteiger partial charge in [-0.25, -0.2) is 0 Å². The molecule has 4 nitrogen and oxygen atoms in total. The molecule has 1 aliphatic heterocycles. The molecule has 0 aromatic carbocycles. The second-order valence-corrected chi connectivity index (χ2v) is 7.03. The van der Waals surface area contributed by atoms with E-state index in [1.165, 1.54) is 26.1 Å². The summed E-state index contributed by atoms with van der Waals surface area (Å²) in [4.78, 5) is 4.84. The van der Waals surface area contributed by atoms with Gasteiger partial charge in [-0.2, -0.15) is 5.26 Å². The molecule has 0 saturated carbocycles. The summed E-state index contributed by atoms with van der Waals surface area (Å²) >= 11 is 0. The van der Waals surface area contributed by atoms with Crippen molar-refractivity contribution in [2.75, 3.05) is 40.3 Å². The quantitative estimate of drug-likeness (QED) is 0.738. The predicted octanol–water partition coefficient (Wildman–Crippen LogP) is 1.93. The second kappa shape index (κ2) is 7.97. The summed E-state index contributed by atoms with van der Waals surface area (Å²) in [5.74, 6) is 0.820. The molecular formula is C16H32N4. The molecule has 1 N–H and O–H groups in total. The topological polar surface area (TPSA) is 42.3 Å². The first-order valence-corrected chi connectivity index (χ1v) is 7.90. The molecule has 1 rings (SSSR count). The summed E-state index contributed by atoms with van der Waals surface area (Å²) < 4.78 is 0. The molecule has 0 aromatic rings. The maximum absolute atomic E-state index is 9.33. The van der Waals surface area contributed by atoms with E-state index in [2.05, 4.69) is 49.1 Å². The molecule has 2 unspecified atom stereocenters. The van der Waals surface area contributed by atoms with Crippen LogP contribution in [0.3, 0.4) is 0 Å². The summed E-state index contributed by atoms with van der Waals surface area (Å²) in [7, 11) is 4.41. The fourth-order valence-corrected chi connectivity index (χ4v) is 3.21. The van der Waals surface area contributed by atoms with Crippen LogP contribution in [0.25, 0.3) is 0 Å². The first-order chi connectivity index (χ1) is 9.34. The second-order valence-electron chi connectivity index (χ2n) is 7.03. The minimum atomic E-state index is -0.386. The number of likely N-dealkylation sites (tertiary alicyclic amines) is 1. The van der Waals surface area contributed by atoms with Crippen molar-refractivity contribution in [1.29, 1.82) is 5.26 Å². The first kappa shape index (κ1) is 17.4. The average Bonchev–Trinajstić information content (AvgIpc) is 2.73. The molecule has 116 valence electrons. The van der Waals surface area contributed by atoms with Crippen LogP contribution in [-0.2, 0) is 0 Å². The van der Waals surface area contributed by atoms with Crippen molar-refractivity contribution in [2.24, 2.45) is 5.92 Å². The molecule has 0 amide bonds. The zero-order valence-corrected chi connectivity index (χ0v) is 13.9.